The zero-order valence-corrected chi connectivity index (χ0v) is 20.5. The number of halogens is 1. The number of hydrogen-bond acceptors (Lipinski definition) is 12. The Balaban J connectivity index is 1.71. The van der Waals surface area contributed by atoms with Gasteiger partial charge in [-0.15, -0.1) is 0 Å². The van der Waals surface area contributed by atoms with Crippen LogP contribution in [0.2, 0.25) is 0 Å². The average Bonchev–Trinajstić information content (AvgIpc) is 2.92. The van der Waals surface area contributed by atoms with Crippen LogP contribution in [-0.2, 0) is 44.1 Å². The van der Waals surface area contributed by atoms with E-state index in [1.54, 1.807) is 24.3 Å². The Morgan fingerprint density at radius 2 is 1.28 bits per heavy atom. The summed E-state index contributed by atoms with van der Waals surface area (Å²) in [6.45, 7) is -0.470. The molecule has 0 aliphatic carbocycles. The number of fused-ring (bicyclic) bond motifs is 3. The number of carbonyl (C=O) groups excluding carboxylic acids is 4. The lowest BCUT2D eigenvalue weighted by molar-refractivity contribution is -0.372. The van der Waals surface area contributed by atoms with Crippen molar-refractivity contribution in [2.75, 3.05) is 13.7 Å². The molecule has 2 heterocycles. The number of methoxy groups -OCH3 is 1. The molecule has 4 rings (SSSR count). The molecule has 0 fully saturated rings. The molecule has 0 saturated heterocycles. The van der Waals surface area contributed by atoms with Gasteiger partial charge >= 0.3 is 23.9 Å². The molecule has 1 N–H and O–H groups in total. The predicted octanol–water partition coefficient (Wildman–Crippen LogP) is 1.80. The average molecular weight is 542 g/mol. The second-order valence-corrected chi connectivity index (χ2v) is 8.40. The summed E-state index contributed by atoms with van der Waals surface area (Å²) in [5.74, 6) is -4.21. The molecular weight excluding hydrogens is 519 g/mol. The Hall–Kier alpha value is -4.59. The van der Waals surface area contributed by atoms with Crippen molar-refractivity contribution in [3.63, 3.8) is 0 Å². The monoisotopic (exact) mass is 542 g/mol. The van der Waals surface area contributed by atoms with Crippen LogP contribution in [0.1, 0.15) is 24.0 Å². The molecule has 13 heteroatoms. The van der Waals surface area contributed by atoms with Crippen LogP contribution in [0, 0.1) is 5.82 Å². The summed E-state index contributed by atoms with van der Waals surface area (Å²) in [7, 11) is 1.49. The van der Waals surface area contributed by atoms with Crippen molar-refractivity contribution in [1.29, 1.82) is 0 Å². The number of hydrogen-bond donors (Lipinski definition) is 1. The van der Waals surface area contributed by atoms with Crippen LogP contribution in [0.5, 0.6) is 5.75 Å². The minimum absolute atomic E-state index is 0.112. The highest BCUT2D eigenvalue weighted by atomic mass is 19.1. The molecule has 0 saturated carbocycles. The van der Waals surface area contributed by atoms with Gasteiger partial charge in [-0.2, -0.15) is 0 Å². The molecule has 2 aliphatic rings. The normalized spacial score (nSPS) is 24.7. The molecule has 39 heavy (non-hydrogen) atoms. The lowest BCUT2D eigenvalue weighted by Crippen LogP contribution is -2.48. The first-order valence-electron chi connectivity index (χ1n) is 11.6. The first-order chi connectivity index (χ1) is 18.7. The standard InChI is InChI=1S/C26H23FN2O10/c1-35-21-8-4-18(5-9-21)26(34,17-2-6-19(27)7-3-17)15-14-20-16-28-36-22(30)10-12-24(32)38-29(20)39-25(33)13-11-23(31)37-28/h2-13,20,34H,14-16H2,1H3/b12-10-,13-11-. The Kier molecular flexibility index (Phi) is 8.34. The van der Waals surface area contributed by atoms with E-state index >= 15 is 0 Å². The van der Waals surface area contributed by atoms with Crippen LogP contribution in [0.15, 0.2) is 72.8 Å². The fourth-order valence-corrected chi connectivity index (χ4v) is 3.89. The first kappa shape index (κ1) is 27.4. The summed E-state index contributed by atoms with van der Waals surface area (Å²) in [5, 5.41) is 13.1. The fourth-order valence-electron chi connectivity index (χ4n) is 3.89. The van der Waals surface area contributed by atoms with Crippen LogP contribution in [0.25, 0.3) is 0 Å². The van der Waals surface area contributed by atoms with Crippen molar-refractivity contribution in [2.24, 2.45) is 0 Å². The Bertz CT molecular complexity index is 1250. The summed E-state index contributed by atoms with van der Waals surface area (Å²) >= 11 is 0. The van der Waals surface area contributed by atoms with Crippen molar-refractivity contribution in [3.8, 4) is 5.75 Å². The molecule has 0 amide bonds. The molecule has 2 bridgehead atoms. The zero-order valence-electron chi connectivity index (χ0n) is 20.5. The van der Waals surface area contributed by atoms with E-state index in [0.29, 0.717) is 27.3 Å². The second-order valence-electron chi connectivity index (χ2n) is 8.40. The maximum Gasteiger partial charge on any atom is 0.353 e. The van der Waals surface area contributed by atoms with Crippen LogP contribution >= 0.6 is 0 Å². The van der Waals surface area contributed by atoms with Crippen LogP contribution in [0.4, 0.5) is 4.39 Å². The second kappa shape index (κ2) is 11.9. The summed E-state index contributed by atoms with van der Waals surface area (Å²) in [5.41, 5.74) is -0.988. The number of benzene rings is 2. The van der Waals surface area contributed by atoms with E-state index in [2.05, 4.69) is 0 Å². The van der Waals surface area contributed by atoms with E-state index < -0.39 is 47.9 Å². The van der Waals surface area contributed by atoms with Gasteiger partial charge in [0.15, 0.2) is 0 Å². The van der Waals surface area contributed by atoms with Gasteiger partial charge in [-0.05, 0) is 48.2 Å². The lowest BCUT2D eigenvalue weighted by atomic mass is 9.81. The van der Waals surface area contributed by atoms with E-state index in [4.69, 9.17) is 24.1 Å². The number of ether oxygens (including phenoxy) is 1. The molecule has 204 valence electrons. The van der Waals surface area contributed by atoms with Crippen LogP contribution < -0.4 is 4.74 Å². The minimum atomic E-state index is -1.73. The highest BCUT2D eigenvalue weighted by Gasteiger charge is 2.38. The van der Waals surface area contributed by atoms with Gasteiger partial charge in [0.1, 0.15) is 23.2 Å². The minimum Gasteiger partial charge on any atom is -0.497 e. The Morgan fingerprint density at radius 3 is 1.77 bits per heavy atom. The molecule has 2 aromatic rings. The number of aliphatic hydroxyl groups is 1. The van der Waals surface area contributed by atoms with Gasteiger partial charge in [0.2, 0.25) is 0 Å². The predicted molar refractivity (Wildman–Crippen MR) is 127 cm³/mol. The lowest BCUT2D eigenvalue weighted by Gasteiger charge is -2.34. The largest absolute Gasteiger partial charge is 0.497 e. The van der Waals surface area contributed by atoms with Gasteiger partial charge in [-0.1, -0.05) is 24.3 Å². The summed E-state index contributed by atoms with van der Waals surface area (Å²) < 4.78 is 18.9. The molecule has 0 radical (unpaired) electrons. The van der Waals surface area contributed by atoms with Crippen molar-refractivity contribution in [1.82, 2.24) is 10.5 Å². The van der Waals surface area contributed by atoms with Crippen LogP contribution in [0.3, 0.4) is 0 Å². The van der Waals surface area contributed by atoms with Crippen molar-refractivity contribution < 1.29 is 52.8 Å². The zero-order chi connectivity index (χ0) is 28.0. The van der Waals surface area contributed by atoms with Gasteiger partial charge in [0.05, 0.1) is 13.7 Å². The van der Waals surface area contributed by atoms with E-state index in [0.717, 1.165) is 24.3 Å². The third-order valence-corrected chi connectivity index (χ3v) is 5.84. The molecule has 2 atom stereocenters. The Labute approximate surface area is 221 Å². The quantitative estimate of drug-likeness (QED) is 0.569. The fraction of sp³-hybridized carbons (Fsp3) is 0.231. The molecular formula is C26H23FN2O10. The SMILES string of the molecule is COc1ccc(C(O)(CCC2CN3OC(=O)/C=C\C(=O)ON2OC(=O)/C=C\C(=O)O3)c2ccc(F)cc2)cc1. The van der Waals surface area contributed by atoms with Crippen LogP contribution in [-0.4, -0.2) is 59.1 Å². The van der Waals surface area contributed by atoms with Gasteiger partial charge in [-0.3, -0.25) is 0 Å². The summed E-state index contributed by atoms with van der Waals surface area (Å²) in [6, 6.07) is 10.6. The number of nitrogens with zero attached hydrogens (tertiary/aromatic N) is 2. The molecule has 12 nitrogen and oxygen atoms in total. The summed E-state index contributed by atoms with van der Waals surface area (Å²) in [4.78, 5) is 68.9. The molecule has 0 spiro atoms. The molecule has 2 aliphatic heterocycles. The number of carbonyl (C=O) groups is 4. The maximum atomic E-state index is 13.7. The van der Waals surface area contributed by atoms with Crippen molar-refractivity contribution in [3.05, 3.63) is 89.8 Å². The van der Waals surface area contributed by atoms with E-state index in [1.807, 2.05) is 0 Å². The van der Waals surface area contributed by atoms with Gasteiger partial charge in [-0.25, -0.2) is 23.6 Å². The third-order valence-electron chi connectivity index (χ3n) is 5.84. The van der Waals surface area contributed by atoms with Crippen molar-refractivity contribution >= 4 is 23.9 Å². The molecule has 2 aromatic carbocycles. The van der Waals surface area contributed by atoms with Gasteiger partial charge in [0.25, 0.3) is 0 Å². The third kappa shape index (κ3) is 6.84. The van der Waals surface area contributed by atoms with E-state index in [-0.39, 0.29) is 12.8 Å². The van der Waals surface area contributed by atoms with Gasteiger partial charge in [0, 0.05) is 34.8 Å². The highest BCUT2D eigenvalue weighted by molar-refractivity contribution is 5.93. The number of rotatable bonds is 6. The first-order valence-corrected chi connectivity index (χ1v) is 11.6. The Morgan fingerprint density at radius 1 is 0.821 bits per heavy atom. The topological polar surface area (TPSA) is 141 Å². The smallest absolute Gasteiger partial charge is 0.353 e. The highest BCUT2D eigenvalue weighted by Crippen LogP contribution is 2.36. The number of hydroxylamine groups is 4. The van der Waals surface area contributed by atoms with Gasteiger partial charge < -0.3 is 29.2 Å². The maximum absolute atomic E-state index is 13.7. The van der Waals surface area contributed by atoms with E-state index in [9.17, 15) is 28.7 Å². The molecule has 2 unspecified atom stereocenters. The van der Waals surface area contributed by atoms with Crippen molar-refractivity contribution in [2.45, 2.75) is 24.5 Å². The van der Waals surface area contributed by atoms with E-state index in [1.165, 1.54) is 31.4 Å². The summed E-state index contributed by atoms with van der Waals surface area (Å²) in [6.07, 6.45) is 2.66. The molecule has 0 aromatic heterocycles.